The topological polar surface area (TPSA) is 95.9 Å². The highest BCUT2D eigenvalue weighted by molar-refractivity contribution is 5.93. The predicted molar refractivity (Wildman–Crippen MR) is 105 cm³/mol. The molecule has 1 aromatic rings. The summed E-state index contributed by atoms with van der Waals surface area (Å²) in [6.45, 7) is 5.67. The van der Waals surface area contributed by atoms with Gasteiger partial charge in [0.2, 0.25) is 5.91 Å². The fraction of sp³-hybridized carbons (Fsp3) is 0.571. The third-order valence-corrected chi connectivity index (χ3v) is 4.89. The van der Waals surface area contributed by atoms with Gasteiger partial charge in [0.05, 0.1) is 6.10 Å². The van der Waals surface area contributed by atoms with Crippen molar-refractivity contribution < 1.29 is 37.4 Å². The fourth-order valence-corrected chi connectivity index (χ4v) is 3.40. The molecule has 0 saturated carbocycles. The number of esters is 1. The van der Waals surface area contributed by atoms with Gasteiger partial charge in [-0.1, -0.05) is 37.3 Å². The zero-order chi connectivity index (χ0) is 23.6. The highest BCUT2D eigenvalue weighted by Gasteiger charge is 2.53. The molecule has 0 spiro atoms. The Hall–Kier alpha value is -2.62. The standard InChI is InChI=1S/C21H27F3N2O5/c1-12-15(27)11-26(19(30)21(22,23)24)16(12)17(28)25-14(18(29)31-20(2,3)4)10-13-8-6-5-7-9-13/h5-9,12,14-16,27H,10-11H2,1-4H3,(H,25,28)/t12-,14-,15-,16+/m0/s1. The Kier molecular flexibility index (Phi) is 7.36. The molecular formula is C21H27F3N2O5. The molecule has 2 rings (SSSR count). The Bertz CT molecular complexity index is 807. The minimum Gasteiger partial charge on any atom is -0.458 e. The monoisotopic (exact) mass is 444 g/mol. The Morgan fingerprint density at radius 3 is 2.29 bits per heavy atom. The molecule has 0 radical (unpaired) electrons. The van der Waals surface area contributed by atoms with Crippen LogP contribution in [0.15, 0.2) is 30.3 Å². The molecule has 7 nitrogen and oxygen atoms in total. The van der Waals surface area contributed by atoms with E-state index in [2.05, 4.69) is 5.32 Å². The molecule has 4 atom stereocenters. The summed E-state index contributed by atoms with van der Waals surface area (Å²) in [4.78, 5) is 37.7. The SMILES string of the molecule is C[C@H]1[C@@H](O)CN(C(=O)C(F)(F)F)[C@H]1C(=O)N[C@@H](Cc1ccccc1)C(=O)OC(C)(C)C. The summed E-state index contributed by atoms with van der Waals surface area (Å²) < 4.78 is 44.3. The molecule has 1 aromatic carbocycles. The highest BCUT2D eigenvalue weighted by atomic mass is 19.4. The quantitative estimate of drug-likeness (QED) is 0.676. The van der Waals surface area contributed by atoms with Crippen molar-refractivity contribution in [3.05, 3.63) is 35.9 Å². The van der Waals surface area contributed by atoms with E-state index in [9.17, 15) is 32.7 Å². The van der Waals surface area contributed by atoms with Gasteiger partial charge < -0.3 is 20.1 Å². The van der Waals surface area contributed by atoms with Crippen LogP contribution in [0.2, 0.25) is 0 Å². The van der Waals surface area contributed by atoms with E-state index in [1.165, 1.54) is 6.92 Å². The van der Waals surface area contributed by atoms with Gasteiger partial charge in [-0.3, -0.25) is 9.59 Å². The van der Waals surface area contributed by atoms with E-state index in [1.807, 2.05) is 0 Å². The first kappa shape index (κ1) is 24.6. The Labute approximate surface area is 178 Å². The van der Waals surface area contributed by atoms with E-state index >= 15 is 0 Å². The van der Waals surface area contributed by atoms with Gasteiger partial charge in [0.1, 0.15) is 17.7 Å². The minimum atomic E-state index is -5.20. The first-order valence-electron chi connectivity index (χ1n) is 9.83. The molecule has 0 bridgehead atoms. The summed E-state index contributed by atoms with van der Waals surface area (Å²) >= 11 is 0. The number of amides is 2. The van der Waals surface area contributed by atoms with Crippen molar-refractivity contribution >= 4 is 17.8 Å². The van der Waals surface area contributed by atoms with Gasteiger partial charge in [0.15, 0.2) is 0 Å². The Balaban J connectivity index is 2.27. The van der Waals surface area contributed by atoms with Crippen LogP contribution in [-0.2, 0) is 25.5 Å². The number of aliphatic hydroxyl groups is 1. The van der Waals surface area contributed by atoms with Crippen LogP contribution in [0, 0.1) is 5.92 Å². The molecule has 1 aliphatic rings. The summed E-state index contributed by atoms with van der Waals surface area (Å²) in [6, 6.07) is 5.93. The summed E-state index contributed by atoms with van der Waals surface area (Å²) in [5.41, 5.74) is -0.160. The molecule has 0 aliphatic carbocycles. The van der Waals surface area contributed by atoms with Crippen molar-refractivity contribution in [1.29, 1.82) is 0 Å². The smallest absolute Gasteiger partial charge is 0.458 e. The number of nitrogens with one attached hydrogen (secondary N) is 1. The van der Waals surface area contributed by atoms with Gasteiger partial charge in [0.25, 0.3) is 0 Å². The van der Waals surface area contributed by atoms with Crippen molar-refractivity contribution in [2.75, 3.05) is 6.54 Å². The number of halogens is 3. The van der Waals surface area contributed by atoms with E-state index < -0.39 is 60.2 Å². The molecule has 1 aliphatic heterocycles. The van der Waals surface area contributed by atoms with E-state index in [1.54, 1.807) is 51.1 Å². The van der Waals surface area contributed by atoms with Crippen LogP contribution < -0.4 is 5.32 Å². The van der Waals surface area contributed by atoms with Gasteiger partial charge >= 0.3 is 18.1 Å². The molecule has 0 aromatic heterocycles. The number of aliphatic hydroxyl groups excluding tert-OH is 1. The molecule has 0 unspecified atom stereocenters. The van der Waals surface area contributed by atoms with E-state index in [4.69, 9.17) is 4.74 Å². The number of benzene rings is 1. The molecule has 172 valence electrons. The molecule has 1 fully saturated rings. The molecule has 1 saturated heterocycles. The van der Waals surface area contributed by atoms with Gasteiger partial charge in [-0.25, -0.2) is 4.79 Å². The Morgan fingerprint density at radius 1 is 1.19 bits per heavy atom. The van der Waals surface area contributed by atoms with E-state index in [0.717, 1.165) is 0 Å². The van der Waals surface area contributed by atoms with Gasteiger partial charge in [-0.05, 0) is 26.3 Å². The second-order valence-electron chi connectivity index (χ2n) is 8.61. The summed E-state index contributed by atoms with van der Waals surface area (Å²) in [7, 11) is 0. The van der Waals surface area contributed by atoms with Crippen LogP contribution in [0.4, 0.5) is 13.2 Å². The van der Waals surface area contributed by atoms with Crippen molar-refractivity contribution in [2.45, 2.75) is 64.1 Å². The maximum Gasteiger partial charge on any atom is 0.471 e. The molecular weight excluding hydrogens is 417 g/mol. The third-order valence-electron chi connectivity index (χ3n) is 4.89. The number of rotatable bonds is 5. The number of carbonyl (C=O) groups excluding carboxylic acids is 3. The fourth-order valence-electron chi connectivity index (χ4n) is 3.40. The summed E-state index contributed by atoms with van der Waals surface area (Å²) in [5, 5.41) is 12.4. The maximum atomic E-state index is 13.0. The number of nitrogens with zero attached hydrogens (tertiary/aromatic N) is 1. The summed E-state index contributed by atoms with van der Waals surface area (Å²) in [6.07, 6.45) is -6.47. The normalized spacial score (nSPS) is 22.7. The number of likely N-dealkylation sites (tertiary alicyclic amines) is 1. The number of hydrogen-bond donors (Lipinski definition) is 2. The average Bonchev–Trinajstić information content (AvgIpc) is 2.94. The van der Waals surface area contributed by atoms with Crippen LogP contribution in [0.1, 0.15) is 33.3 Å². The zero-order valence-electron chi connectivity index (χ0n) is 17.8. The molecule has 2 amide bonds. The minimum absolute atomic E-state index is 0.0400. The van der Waals surface area contributed by atoms with E-state index in [0.29, 0.717) is 10.5 Å². The predicted octanol–water partition coefficient (Wildman–Crippen LogP) is 1.83. The number of β-amino-alcohol motifs (C(OH)–C–C–N with tert-alkyl or cyclic N) is 1. The van der Waals surface area contributed by atoms with Crippen molar-refractivity contribution in [3.63, 3.8) is 0 Å². The molecule has 31 heavy (non-hydrogen) atoms. The first-order valence-corrected chi connectivity index (χ1v) is 9.83. The second-order valence-corrected chi connectivity index (χ2v) is 8.61. The number of alkyl halides is 3. The zero-order valence-corrected chi connectivity index (χ0v) is 17.8. The van der Waals surface area contributed by atoms with Crippen molar-refractivity contribution in [1.82, 2.24) is 10.2 Å². The lowest BCUT2D eigenvalue weighted by Gasteiger charge is -2.29. The summed E-state index contributed by atoms with van der Waals surface area (Å²) in [5.74, 6) is -4.90. The van der Waals surface area contributed by atoms with E-state index in [-0.39, 0.29) is 6.42 Å². The lowest BCUT2D eigenvalue weighted by Crippen LogP contribution is -2.55. The number of ether oxygens (including phenoxy) is 1. The lowest BCUT2D eigenvalue weighted by atomic mass is 9.98. The lowest BCUT2D eigenvalue weighted by molar-refractivity contribution is -0.187. The van der Waals surface area contributed by atoms with Crippen molar-refractivity contribution in [2.24, 2.45) is 5.92 Å². The van der Waals surface area contributed by atoms with Crippen LogP contribution in [0.25, 0.3) is 0 Å². The van der Waals surface area contributed by atoms with Crippen LogP contribution in [0.5, 0.6) is 0 Å². The average molecular weight is 444 g/mol. The third kappa shape index (κ3) is 6.43. The van der Waals surface area contributed by atoms with Crippen LogP contribution in [0.3, 0.4) is 0 Å². The van der Waals surface area contributed by atoms with Crippen LogP contribution in [-0.4, -0.2) is 64.3 Å². The number of hydrogen-bond acceptors (Lipinski definition) is 5. The van der Waals surface area contributed by atoms with Gasteiger partial charge in [0, 0.05) is 18.9 Å². The molecule has 10 heteroatoms. The maximum absolute atomic E-state index is 13.0. The highest BCUT2D eigenvalue weighted by Crippen LogP contribution is 2.30. The molecule has 1 heterocycles. The Morgan fingerprint density at radius 2 is 1.77 bits per heavy atom. The molecule has 2 N–H and O–H groups in total. The van der Waals surface area contributed by atoms with Gasteiger partial charge in [-0.15, -0.1) is 0 Å². The number of carbonyl (C=O) groups is 3. The van der Waals surface area contributed by atoms with Gasteiger partial charge in [-0.2, -0.15) is 13.2 Å². The largest absolute Gasteiger partial charge is 0.471 e. The van der Waals surface area contributed by atoms with Crippen molar-refractivity contribution in [3.8, 4) is 0 Å². The second kappa shape index (κ2) is 9.25. The van der Waals surface area contributed by atoms with Crippen LogP contribution >= 0.6 is 0 Å². The first-order chi connectivity index (χ1) is 14.2.